The van der Waals surface area contributed by atoms with Gasteiger partial charge < -0.3 is 10.1 Å². The van der Waals surface area contributed by atoms with E-state index < -0.39 is 0 Å². The maximum absolute atomic E-state index is 11.5. The number of benzene rings is 1. The molecule has 1 aromatic carbocycles. The predicted molar refractivity (Wildman–Crippen MR) is 101 cm³/mol. The molecule has 1 amide bonds. The van der Waals surface area contributed by atoms with Gasteiger partial charge in [-0.3, -0.25) is 4.79 Å². The summed E-state index contributed by atoms with van der Waals surface area (Å²) in [7, 11) is 1.59. The lowest BCUT2D eigenvalue weighted by Crippen LogP contribution is -2.23. The van der Waals surface area contributed by atoms with Crippen molar-refractivity contribution in [2.75, 3.05) is 7.05 Å². The monoisotopic (exact) mass is 338 g/mol. The number of carbonyl (C=O) groups is 1. The van der Waals surface area contributed by atoms with Crippen molar-refractivity contribution in [3.63, 3.8) is 0 Å². The quantitative estimate of drug-likeness (QED) is 0.699. The zero-order valence-corrected chi connectivity index (χ0v) is 15.2. The standard InChI is InChI=1S/C21H26N2O2/c1-5-14-21(6-2,7-3)17-9-11-18(12-10-17)25-19-13-8-16(15-23-19)20(24)22-4/h5,8-13,15H,1,6-7,14H2,2-4H3,(H,22,24). The Balaban J connectivity index is 2.14. The molecule has 0 aliphatic carbocycles. The third-order valence-electron chi connectivity index (χ3n) is 4.80. The Morgan fingerprint density at radius 2 is 1.88 bits per heavy atom. The Kier molecular flexibility index (Phi) is 6.34. The van der Waals surface area contributed by atoms with Crippen LogP contribution in [0.5, 0.6) is 11.6 Å². The van der Waals surface area contributed by atoms with Crippen molar-refractivity contribution < 1.29 is 9.53 Å². The van der Waals surface area contributed by atoms with Crippen LogP contribution in [0.3, 0.4) is 0 Å². The number of aromatic nitrogens is 1. The topological polar surface area (TPSA) is 51.2 Å². The Labute approximate surface area is 149 Å². The fraction of sp³-hybridized carbons (Fsp3) is 0.333. The summed E-state index contributed by atoms with van der Waals surface area (Å²) in [5, 5.41) is 2.57. The number of carbonyl (C=O) groups excluding carboxylic acids is 1. The van der Waals surface area contributed by atoms with Crippen LogP contribution in [0.4, 0.5) is 0 Å². The molecule has 0 bridgehead atoms. The summed E-state index contributed by atoms with van der Waals surface area (Å²) in [5.41, 5.74) is 1.94. The number of hydrogen-bond donors (Lipinski definition) is 1. The molecule has 25 heavy (non-hydrogen) atoms. The van der Waals surface area contributed by atoms with Gasteiger partial charge in [0, 0.05) is 19.3 Å². The molecule has 0 aliphatic heterocycles. The molecule has 0 saturated heterocycles. The van der Waals surface area contributed by atoms with E-state index in [0.717, 1.165) is 25.0 Å². The van der Waals surface area contributed by atoms with E-state index in [0.29, 0.717) is 11.4 Å². The van der Waals surface area contributed by atoms with E-state index in [1.807, 2.05) is 18.2 Å². The first kappa shape index (κ1) is 18.7. The lowest BCUT2D eigenvalue weighted by molar-refractivity contribution is 0.0962. The Hall–Kier alpha value is -2.62. The number of hydrogen-bond acceptors (Lipinski definition) is 3. The van der Waals surface area contributed by atoms with Gasteiger partial charge in [-0.05, 0) is 48.4 Å². The van der Waals surface area contributed by atoms with E-state index in [2.05, 4.69) is 42.9 Å². The molecule has 0 radical (unpaired) electrons. The maximum atomic E-state index is 11.5. The van der Waals surface area contributed by atoms with Gasteiger partial charge in [0.05, 0.1) is 5.56 Å². The highest BCUT2D eigenvalue weighted by molar-refractivity contribution is 5.93. The largest absolute Gasteiger partial charge is 0.439 e. The highest BCUT2D eigenvalue weighted by Gasteiger charge is 2.26. The normalized spacial score (nSPS) is 11.0. The minimum absolute atomic E-state index is 0.133. The van der Waals surface area contributed by atoms with E-state index in [4.69, 9.17) is 4.74 Å². The van der Waals surface area contributed by atoms with Crippen LogP contribution >= 0.6 is 0 Å². The van der Waals surface area contributed by atoms with Crippen LogP contribution < -0.4 is 10.1 Å². The first-order valence-electron chi connectivity index (χ1n) is 8.66. The lowest BCUT2D eigenvalue weighted by Gasteiger charge is -2.31. The molecule has 0 spiro atoms. The van der Waals surface area contributed by atoms with Crippen molar-refractivity contribution >= 4 is 5.91 Å². The molecule has 1 aromatic heterocycles. The van der Waals surface area contributed by atoms with Gasteiger partial charge in [-0.1, -0.05) is 32.1 Å². The van der Waals surface area contributed by atoms with E-state index in [-0.39, 0.29) is 11.3 Å². The van der Waals surface area contributed by atoms with Gasteiger partial charge in [0.2, 0.25) is 5.88 Å². The molecule has 0 fully saturated rings. The van der Waals surface area contributed by atoms with Crippen molar-refractivity contribution in [2.45, 2.75) is 38.5 Å². The second-order valence-electron chi connectivity index (χ2n) is 6.07. The molecule has 0 saturated carbocycles. The summed E-state index contributed by atoms with van der Waals surface area (Å²) in [6.45, 7) is 8.34. The van der Waals surface area contributed by atoms with Crippen LogP contribution in [-0.4, -0.2) is 17.9 Å². The van der Waals surface area contributed by atoms with Gasteiger partial charge in [-0.25, -0.2) is 4.98 Å². The maximum Gasteiger partial charge on any atom is 0.252 e. The molecule has 0 atom stereocenters. The molecule has 2 aromatic rings. The Morgan fingerprint density at radius 3 is 2.36 bits per heavy atom. The number of nitrogens with zero attached hydrogens (tertiary/aromatic N) is 1. The summed E-state index contributed by atoms with van der Waals surface area (Å²) in [4.78, 5) is 15.7. The summed E-state index contributed by atoms with van der Waals surface area (Å²) in [6.07, 6.45) is 6.60. The van der Waals surface area contributed by atoms with Crippen molar-refractivity contribution in [3.05, 3.63) is 66.4 Å². The van der Waals surface area contributed by atoms with Gasteiger partial charge in [-0.15, -0.1) is 6.58 Å². The van der Waals surface area contributed by atoms with Crippen LogP contribution in [-0.2, 0) is 5.41 Å². The van der Waals surface area contributed by atoms with Crippen molar-refractivity contribution in [1.29, 1.82) is 0 Å². The second-order valence-corrected chi connectivity index (χ2v) is 6.07. The molecule has 0 aliphatic rings. The third kappa shape index (κ3) is 4.27. The van der Waals surface area contributed by atoms with E-state index in [1.165, 1.54) is 11.8 Å². The van der Waals surface area contributed by atoms with Gasteiger partial charge in [0.15, 0.2) is 0 Å². The van der Waals surface area contributed by atoms with Gasteiger partial charge in [-0.2, -0.15) is 0 Å². The van der Waals surface area contributed by atoms with Crippen LogP contribution in [0.15, 0.2) is 55.3 Å². The van der Waals surface area contributed by atoms with Gasteiger partial charge >= 0.3 is 0 Å². The molecular formula is C21H26N2O2. The molecule has 1 heterocycles. The lowest BCUT2D eigenvalue weighted by atomic mass is 9.73. The minimum Gasteiger partial charge on any atom is -0.439 e. The average Bonchev–Trinajstić information content (AvgIpc) is 2.67. The number of allylic oxidation sites excluding steroid dienone is 1. The molecule has 4 heteroatoms. The number of ether oxygens (including phenoxy) is 1. The summed E-state index contributed by atoms with van der Waals surface area (Å²) in [6, 6.07) is 11.5. The first-order valence-corrected chi connectivity index (χ1v) is 8.66. The second kappa shape index (κ2) is 8.47. The smallest absolute Gasteiger partial charge is 0.252 e. The molecule has 132 valence electrons. The van der Waals surface area contributed by atoms with Crippen LogP contribution in [0.25, 0.3) is 0 Å². The van der Waals surface area contributed by atoms with E-state index in [9.17, 15) is 4.79 Å². The molecule has 4 nitrogen and oxygen atoms in total. The number of rotatable bonds is 8. The molecule has 1 N–H and O–H groups in total. The molecule has 0 unspecified atom stereocenters. The van der Waals surface area contributed by atoms with Crippen molar-refractivity contribution in [2.24, 2.45) is 0 Å². The fourth-order valence-electron chi connectivity index (χ4n) is 3.06. The predicted octanol–water partition coefficient (Wildman–Crippen LogP) is 4.87. The first-order chi connectivity index (χ1) is 12.1. The van der Waals surface area contributed by atoms with E-state index in [1.54, 1.807) is 19.2 Å². The minimum atomic E-state index is -0.166. The summed E-state index contributed by atoms with van der Waals surface area (Å²) in [5.74, 6) is 1.02. The zero-order chi connectivity index (χ0) is 18.3. The Morgan fingerprint density at radius 1 is 1.20 bits per heavy atom. The molecule has 2 rings (SSSR count). The zero-order valence-electron chi connectivity index (χ0n) is 15.2. The fourth-order valence-corrected chi connectivity index (χ4v) is 3.06. The molecular weight excluding hydrogens is 312 g/mol. The highest BCUT2D eigenvalue weighted by atomic mass is 16.5. The highest BCUT2D eigenvalue weighted by Crippen LogP contribution is 2.36. The summed E-state index contributed by atoms with van der Waals surface area (Å²) < 4.78 is 5.78. The van der Waals surface area contributed by atoms with Crippen LogP contribution in [0.1, 0.15) is 49.0 Å². The average molecular weight is 338 g/mol. The van der Waals surface area contributed by atoms with Crippen molar-refractivity contribution in [1.82, 2.24) is 10.3 Å². The number of pyridine rings is 1. The van der Waals surface area contributed by atoms with Gasteiger partial charge in [0.25, 0.3) is 5.91 Å². The van der Waals surface area contributed by atoms with Crippen LogP contribution in [0.2, 0.25) is 0 Å². The summed E-state index contributed by atoms with van der Waals surface area (Å²) >= 11 is 0. The number of nitrogens with one attached hydrogen (secondary N) is 1. The van der Waals surface area contributed by atoms with Gasteiger partial charge in [0.1, 0.15) is 5.75 Å². The Bertz CT molecular complexity index is 702. The third-order valence-corrected chi connectivity index (χ3v) is 4.80. The SMILES string of the molecule is C=CCC(CC)(CC)c1ccc(Oc2ccc(C(=O)NC)cn2)cc1. The van der Waals surface area contributed by atoms with E-state index >= 15 is 0 Å². The number of amides is 1. The van der Waals surface area contributed by atoms with Crippen molar-refractivity contribution in [3.8, 4) is 11.6 Å². The van der Waals surface area contributed by atoms with Crippen LogP contribution in [0, 0.1) is 0 Å².